The molecule has 0 aliphatic carbocycles. The predicted octanol–water partition coefficient (Wildman–Crippen LogP) is 5.47. The quantitative estimate of drug-likeness (QED) is 0.364. The standard InChI is InChI=1S/C28H24N2O4S/c1-20-25(29-27(31)22-11-4-2-5-12-22)16-9-17-26(20)30-28(32)23-13-8-10-21(18-23)19-35(33,34)24-14-6-3-7-15-24/h2-18H,19H2,1H3,(H,29,31)(H,30,32). The Morgan fingerprint density at radius 3 is 1.80 bits per heavy atom. The van der Waals surface area contributed by atoms with E-state index in [9.17, 15) is 18.0 Å². The van der Waals surface area contributed by atoms with Gasteiger partial charge in [0.25, 0.3) is 11.8 Å². The van der Waals surface area contributed by atoms with Crippen molar-refractivity contribution in [1.82, 2.24) is 0 Å². The maximum Gasteiger partial charge on any atom is 0.255 e. The summed E-state index contributed by atoms with van der Waals surface area (Å²) in [6.45, 7) is 1.80. The molecule has 0 radical (unpaired) electrons. The van der Waals surface area contributed by atoms with Gasteiger partial charge in [-0.15, -0.1) is 0 Å². The van der Waals surface area contributed by atoms with Crippen LogP contribution in [0.4, 0.5) is 11.4 Å². The summed E-state index contributed by atoms with van der Waals surface area (Å²) in [7, 11) is -3.53. The molecular formula is C28H24N2O4S. The highest BCUT2D eigenvalue weighted by Gasteiger charge is 2.17. The SMILES string of the molecule is Cc1c(NC(=O)c2ccccc2)cccc1NC(=O)c1cccc(CS(=O)(=O)c2ccccc2)c1. The monoisotopic (exact) mass is 484 g/mol. The zero-order valence-electron chi connectivity index (χ0n) is 19.1. The Morgan fingerprint density at radius 1 is 0.657 bits per heavy atom. The molecule has 4 aromatic rings. The Kier molecular flexibility index (Phi) is 7.08. The molecule has 0 heterocycles. The lowest BCUT2D eigenvalue weighted by Crippen LogP contribution is -2.16. The highest BCUT2D eigenvalue weighted by atomic mass is 32.2. The largest absolute Gasteiger partial charge is 0.322 e. The Bertz CT molecular complexity index is 1470. The maximum absolute atomic E-state index is 13.0. The van der Waals surface area contributed by atoms with Crippen molar-refractivity contribution in [2.45, 2.75) is 17.6 Å². The van der Waals surface area contributed by atoms with Gasteiger partial charge in [-0.2, -0.15) is 0 Å². The summed E-state index contributed by atoms with van der Waals surface area (Å²) in [6, 6.07) is 28.9. The van der Waals surface area contributed by atoms with Gasteiger partial charge < -0.3 is 10.6 Å². The molecule has 6 nitrogen and oxygen atoms in total. The van der Waals surface area contributed by atoms with Gasteiger partial charge in [-0.3, -0.25) is 9.59 Å². The van der Waals surface area contributed by atoms with Gasteiger partial charge >= 0.3 is 0 Å². The first-order valence-electron chi connectivity index (χ1n) is 11.0. The average Bonchev–Trinajstić information content (AvgIpc) is 2.87. The van der Waals surface area contributed by atoms with Gasteiger partial charge in [0.2, 0.25) is 0 Å². The van der Waals surface area contributed by atoms with E-state index in [2.05, 4.69) is 10.6 Å². The molecule has 0 bridgehead atoms. The minimum absolute atomic E-state index is 0.210. The lowest BCUT2D eigenvalue weighted by molar-refractivity contribution is 0.101. The van der Waals surface area contributed by atoms with Crippen LogP contribution in [0.3, 0.4) is 0 Å². The molecule has 7 heteroatoms. The molecule has 0 aromatic heterocycles. The fourth-order valence-corrected chi connectivity index (χ4v) is 4.97. The summed E-state index contributed by atoms with van der Waals surface area (Å²) in [5.74, 6) is -0.832. The maximum atomic E-state index is 13.0. The molecule has 4 rings (SSSR count). The second-order valence-corrected chi connectivity index (χ2v) is 10.0. The van der Waals surface area contributed by atoms with Crippen LogP contribution in [0.5, 0.6) is 0 Å². The lowest BCUT2D eigenvalue weighted by Gasteiger charge is -2.14. The number of nitrogens with one attached hydrogen (secondary N) is 2. The molecule has 2 amide bonds. The Labute approximate surface area is 204 Å². The fraction of sp³-hybridized carbons (Fsp3) is 0.0714. The smallest absolute Gasteiger partial charge is 0.255 e. The van der Waals surface area contributed by atoms with E-state index in [1.807, 2.05) is 6.07 Å². The van der Waals surface area contributed by atoms with Crippen molar-refractivity contribution in [3.05, 3.63) is 125 Å². The Hall–Kier alpha value is -4.23. The van der Waals surface area contributed by atoms with Crippen LogP contribution >= 0.6 is 0 Å². The number of carbonyl (C=O) groups is 2. The van der Waals surface area contributed by atoms with Crippen LogP contribution in [0.2, 0.25) is 0 Å². The van der Waals surface area contributed by atoms with Gasteiger partial charge in [0, 0.05) is 22.5 Å². The molecule has 0 unspecified atom stereocenters. The van der Waals surface area contributed by atoms with E-state index in [-0.39, 0.29) is 22.5 Å². The van der Waals surface area contributed by atoms with E-state index in [1.165, 1.54) is 0 Å². The van der Waals surface area contributed by atoms with Crippen LogP contribution in [-0.2, 0) is 15.6 Å². The zero-order valence-corrected chi connectivity index (χ0v) is 19.9. The van der Waals surface area contributed by atoms with E-state index in [0.29, 0.717) is 33.6 Å². The Morgan fingerprint density at radius 2 is 1.17 bits per heavy atom. The van der Waals surface area contributed by atoms with E-state index < -0.39 is 9.84 Å². The second-order valence-electron chi connectivity index (χ2n) is 8.02. The van der Waals surface area contributed by atoms with Crippen molar-refractivity contribution < 1.29 is 18.0 Å². The van der Waals surface area contributed by atoms with Gasteiger partial charge in [-0.25, -0.2) is 8.42 Å². The Balaban J connectivity index is 1.49. The van der Waals surface area contributed by atoms with Crippen LogP contribution in [0.1, 0.15) is 31.8 Å². The summed E-state index contributed by atoms with van der Waals surface area (Å²) in [6.07, 6.45) is 0. The molecule has 35 heavy (non-hydrogen) atoms. The number of hydrogen-bond donors (Lipinski definition) is 2. The first-order valence-corrected chi connectivity index (χ1v) is 12.6. The molecule has 0 aliphatic heterocycles. The topological polar surface area (TPSA) is 92.3 Å². The minimum atomic E-state index is -3.53. The number of carbonyl (C=O) groups excluding carboxylic acids is 2. The average molecular weight is 485 g/mol. The van der Waals surface area contributed by atoms with Crippen LogP contribution in [0.25, 0.3) is 0 Å². The van der Waals surface area contributed by atoms with Crippen LogP contribution < -0.4 is 10.6 Å². The van der Waals surface area contributed by atoms with Crippen molar-refractivity contribution in [3.63, 3.8) is 0 Å². The predicted molar refractivity (Wildman–Crippen MR) is 137 cm³/mol. The summed E-state index contributed by atoms with van der Waals surface area (Å²) in [4.78, 5) is 25.7. The third-order valence-electron chi connectivity index (χ3n) is 5.51. The number of hydrogen-bond acceptors (Lipinski definition) is 4. The zero-order chi connectivity index (χ0) is 24.8. The van der Waals surface area contributed by atoms with Gasteiger partial charge in [0.05, 0.1) is 10.6 Å². The fourth-order valence-electron chi connectivity index (χ4n) is 3.62. The van der Waals surface area contributed by atoms with Crippen molar-refractivity contribution >= 4 is 33.0 Å². The van der Waals surface area contributed by atoms with Gasteiger partial charge in [-0.1, -0.05) is 54.6 Å². The third-order valence-corrected chi connectivity index (χ3v) is 7.22. The molecule has 4 aromatic carbocycles. The summed E-state index contributed by atoms with van der Waals surface area (Å²) >= 11 is 0. The van der Waals surface area contributed by atoms with Crippen molar-refractivity contribution in [3.8, 4) is 0 Å². The second kappa shape index (κ2) is 10.4. The molecule has 0 saturated heterocycles. The number of anilines is 2. The molecule has 0 saturated carbocycles. The van der Waals surface area contributed by atoms with E-state index in [4.69, 9.17) is 0 Å². The van der Waals surface area contributed by atoms with Gasteiger partial charge in [-0.05, 0) is 66.6 Å². The molecule has 0 atom stereocenters. The minimum Gasteiger partial charge on any atom is -0.322 e. The van der Waals surface area contributed by atoms with Crippen molar-refractivity contribution in [2.24, 2.45) is 0 Å². The summed E-state index contributed by atoms with van der Waals surface area (Å²) in [5.41, 5.74) is 3.21. The molecule has 0 spiro atoms. The number of sulfone groups is 1. The lowest BCUT2D eigenvalue weighted by atomic mass is 10.1. The number of rotatable bonds is 7. The third kappa shape index (κ3) is 5.83. The van der Waals surface area contributed by atoms with Gasteiger partial charge in [0.1, 0.15) is 0 Å². The van der Waals surface area contributed by atoms with Crippen molar-refractivity contribution in [2.75, 3.05) is 10.6 Å². The summed E-state index contributed by atoms with van der Waals surface area (Å²) in [5, 5.41) is 5.74. The first-order chi connectivity index (χ1) is 16.8. The highest BCUT2D eigenvalue weighted by Crippen LogP contribution is 2.25. The normalized spacial score (nSPS) is 11.0. The van der Waals surface area contributed by atoms with E-state index >= 15 is 0 Å². The van der Waals surface area contributed by atoms with Crippen LogP contribution in [0, 0.1) is 6.92 Å². The van der Waals surface area contributed by atoms with Crippen LogP contribution in [0.15, 0.2) is 108 Å². The number of amides is 2. The molecule has 0 fully saturated rings. The van der Waals surface area contributed by atoms with Gasteiger partial charge in [0.15, 0.2) is 9.84 Å². The summed E-state index contributed by atoms with van der Waals surface area (Å²) < 4.78 is 25.4. The molecule has 176 valence electrons. The molecular weight excluding hydrogens is 460 g/mol. The van der Waals surface area contributed by atoms with Crippen molar-refractivity contribution in [1.29, 1.82) is 0 Å². The number of benzene rings is 4. The van der Waals surface area contributed by atoms with Crippen LogP contribution in [-0.4, -0.2) is 20.2 Å². The van der Waals surface area contributed by atoms with E-state index in [0.717, 1.165) is 0 Å². The highest BCUT2D eigenvalue weighted by molar-refractivity contribution is 7.90. The van der Waals surface area contributed by atoms with E-state index in [1.54, 1.807) is 104 Å². The molecule has 2 N–H and O–H groups in total. The first kappa shape index (κ1) is 23.9. The molecule has 0 aliphatic rings.